The number of hydrogen-bond acceptors (Lipinski definition) is 5. The lowest BCUT2D eigenvalue weighted by Crippen LogP contribution is -2.31. The maximum Gasteiger partial charge on any atom is 0.254 e. The van der Waals surface area contributed by atoms with Crippen LogP contribution in [-0.4, -0.2) is 48.5 Å². The fourth-order valence-corrected chi connectivity index (χ4v) is 3.91. The van der Waals surface area contributed by atoms with E-state index in [1.807, 2.05) is 84.7 Å². The third-order valence-electron chi connectivity index (χ3n) is 5.44. The van der Waals surface area contributed by atoms with Gasteiger partial charge in [-0.3, -0.25) is 4.79 Å². The van der Waals surface area contributed by atoms with Gasteiger partial charge in [-0.25, -0.2) is 9.97 Å². The van der Waals surface area contributed by atoms with E-state index in [-0.39, 0.29) is 11.9 Å². The van der Waals surface area contributed by atoms with Crippen LogP contribution in [0.2, 0.25) is 0 Å². The van der Waals surface area contributed by atoms with E-state index in [4.69, 9.17) is 9.72 Å². The van der Waals surface area contributed by atoms with Crippen LogP contribution in [0, 0.1) is 0 Å². The fraction of sp³-hybridized carbons (Fsp3) is 0.292. The Morgan fingerprint density at radius 2 is 1.93 bits per heavy atom. The van der Waals surface area contributed by atoms with Crippen LogP contribution >= 0.6 is 0 Å². The first-order valence-electron chi connectivity index (χ1n) is 10.1. The lowest BCUT2D eigenvalue weighted by atomic mass is 9.99. The highest BCUT2D eigenvalue weighted by Crippen LogP contribution is 2.38. The smallest absolute Gasteiger partial charge is 0.254 e. The first-order valence-corrected chi connectivity index (χ1v) is 10.1. The zero-order valence-electron chi connectivity index (χ0n) is 17.6. The summed E-state index contributed by atoms with van der Waals surface area (Å²) in [5, 5.41) is 0. The largest absolute Gasteiger partial charge is 0.497 e. The van der Waals surface area contributed by atoms with Crippen molar-refractivity contribution >= 4 is 11.9 Å². The Morgan fingerprint density at radius 1 is 1.13 bits per heavy atom. The average molecular weight is 402 g/mol. The summed E-state index contributed by atoms with van der Waals surface area (Å²) in [5.74, 6) is 1.45. The highest BCUT2D eigenvalue weighted by molar-refractivity contribution is 5.94. The van der Waals surface area contributed by atoms with E-state index >= 15 is 0 Å². The number of carbonyl (C=O) groups is 1. The van der Waals surface area contributed by atoms with Crippen molar-refractivity contribution in [1.29, 1.82) is 0 Å². The number of ether oxygens (including phenoxy) is 1. The minimum absolute atomic E-state index is 0.0414. The summed E-state index contributed by atoms with van der Waals surface area (Å²) < 4.78 is 5.41. The van der Waals surface area contributed by atoms with Gasteiger partial charge >= 0.3 is 0 Å². The van der Waals surface area contributed by atoms with Gasteiger partial charge in [-0.15, -0.1) is 0 Å². The summed E-state index contributed by atoms with van der Waals surface area (Å²) in [7, 11) is 5.50. The summed E-state index contributed by atoms with van der Waals surface area (Å²) in [4.78, 5) is 26.5. The molecule has 1 saturated heterocycles. The number of anilines is 1. The second kappa shape index (κ2) is 8.53. The van der Waals surface area contributed by atoms with Gasteiger partial charge in [0.2, 0.25) is 5.95 Å². The molecule has 3 aromatic rings. The topological polar surface area (TPSA) is 58.6 Å². The van der Waals surface area contributed by atoms with Gasteiger partial charge in [0.1, 0.15) is 5.75 Å². The number of likely N-dealkylation sites (tertiary alicyclic amines) is 1. The molecule has 1 aliphatic rings. The van der Waals surface area contributed by atoms with Gasteiger partial charge in [-0.05, 0) is 42.7 Å². The molecule has 6 heteroatoms. The van der Waals surface area contributed by atoms with Gasteiger partial charge in [0.15, 0.2) is 0 Å². The summed E-state index contributed by atoms with van der Waals surface area (Å²) in [6.45, 7) is 0.719. The molecule has 0 aliphatic carbocycles. The van der Waals surface area contributed by atoms with E-state index in [0.29, 0.717) is 11.5 Å². The standard InChI is InChI=1S/C24H26N4O2/c1-27(2)24-25-16-20(18-11-7-12-19(15-18)30-3)22(26-24)21-13-8-14-28(21)23(29)17-9-5-4-6-10-17/h4-7,9-12,15-16,21H,8,13-14H2,1-3H3. The van der Waals surface area contributed by atoms with Crippen LogP contribution in [0.5, 0.6) is 5.75 Å². The molecule has 4 rings (SSSR count). The lowest BCUT2D eigenvalue weighted by Gasteiger charge is -2.27. The Labute approximate surface area is 177 Å². The zero-order chi connectivity index (χ0) is 21.1. The van der Waals surface area contributed by atoms with Crippen LogP contribution in [0.15, 0.2) is 60.8 Å². The van der Waals surface area contributed by atoms with Crippen molar-refractivity contribution in [3.05, 3.63) is 72.1 Å². The molecule has 1 fully saturated rings. The molecule has 0 N–H and O–H groups in total. The van der Waals surface area contributed by atoms with Gasteiger partial charge in [-0.1, -0.05) is 30.3 Å². The first kappa shape index (κ1) is 19.9. The maximum absolute atomic E-state index is 13.2. The van der Waals surface area contributed by atoms with Crippen molar-refractivity contribution in [3.63, 3.8) is 0 Å². The second-order valence-corrected chi connectivity index (χ2v) is 7.62. The summed E-state index contributed by atoms with van der Waals surface area (Å²) >= 11 is 0. The second-order valence-electron chi connectivity index (χ2n) is 7.62. The maximum atomic E-state index is 13.2. The quantitative estimate of drug-likeness (QED) is 0.640. The van der Waals surface area contributed by atoms with Crippen molar-refractivity contribution in [2.75, 3.05) is 32.6 Å². The molecule has 154 valence electrons. The molecule has 2 aromatic carbocycles. The summed E-state index contributed by atoms with van der Waals surface area (Å²) in [6.07, 6.45) is 3.68. The Morgan fingerprint density at radius 3 is 2.67 bits per heavy atom. The summed E-state index contributed by atoms with van der Waals surface area (Å²) in [6, 6.07) is 17.2. The zero-order valence-corrected chi connectivity index (χ0v) is 17.6. The number of carbonyl (C=O) groups excluding carboxylic acids is 1. The minimum atomic E-state index is -0.0967. The van der Waals surface area contributed by atoms with Crippen LogP contribution in [-0.2, 0) is 0 Å². The van der Waals surface area contributed by atoms with Crippen LogP contribution < -0.4 is 9.64 Å². The van der Waals surface area contributed by atoms with E-state index in [1.165, 1.54) is 0 Å². The van der Waals surface area contributed by atoms with Gasteiger partial charge in [0, 0.05) is 38.0 Å². The van der Waals surface area contributed by atoms with E-state index in [9.17, 15) is 4.79 Å². The van der Waals surface area contributed by atoms with Crippen molar-refractivity contribution in [1.82, 2.24) is 14.9 Å². The number of methoxy groups -OCH3 is 1. The number of aromatic nitrogens is 2. The Balaban J connectivity index is 1.79. The van der Waals surface area contributed by atoms with Crippen LogP contribution in [0.1, 0.15) is 34.9 Å². The third-order valence-corrected chi connectivity index (χ3v) is 5.44. The molecule has 1 aliphatic heterocycles. The highest BCUT2D eigenvalue weighted by Gasteiger charge is 2.33. The van der Waals surface area contributed by atoms with Crippen molar-refractivity contribution in [2.45, 2.75) is 18.9 Å². The molecular weight excluding hydrogens is 376 g/mol. The van der Waals surface area contributed by atoms with Crippen molar-refractivity contribution in [2.24, 2.45) is 0 Å². The molecule has 1 aromatic heterocycles. The average Bonchev–Trinajstić information content (AvgIpc) is 3.28. The normalized spacial score (nSPS) is 15.8. The van der Waals surface area contributed by atoms with E-state index in [1.54, 1.807) is 7.11 Å². The molecule has 0 saturated carbocycles. The SMILES string of the molecule is COc1cccc(-c2cnc(N(C)C)nc2C2CCCN2C(=O)c2ccccc2)c1. The van der Waals surface area contributed by atoms with Gasteiger partial charge in [0.25, 0.3) is 5.91 Å². The number of rotatable bonds is 5. The van der Waals surface area contributed by atoms with Crippen LogP contribution in [0.25, 0.3) is 11.1 Å². The molecule has 0 radical (unpaired) electrons. The number of benzene rings is 2. The molecule has 2 heterocycles. The minimum Gasteiger partial charge on any atom is -0.497 e. The molecule has 1 amide bonds. The fourth-order valence-electron chi connectivity index (χ4n) is 3.91. The van der Waals surface area contributed by atoms with Crippen molar-refractivity contribution < 1.29 is 9.53 Å². The monoisotopic (exact) mass is 402 g/mol. The number of amides is 1. The van der Waals surface area contributed by atoms with Crippen LogP contribution in [0.3, 0.4) is 0 Å². The number of hydrogen-bond donors (Lipinski definition) is 0. The molecular formula is C24H26N4O2. The van der Waals surface area contributed by atoms with Gasteiger partial charge in [-0.2, -0.15) is 0 Å². The predicted molar refractivity (Wildman–Crippen MR) is 118 cm³/mol. The van der Waals surface area contributed by atoms with Gasteiger partial charge < -0.3 is 14.5 Å². The molecule has 6 nitrogen and oxygen atoms in total. The van der Waals surface area contributed by atoms with E-state index < -0.39 is 0 Å². The van der Waals surface area contributed by atoms with E-state index in [2.05, 4.69) is 4.98 Å². The third kappa shape index (κ3) is 3.85. The molecule has 0 bridgehead atoms. The van der Waals surface area contributed by atoms with E-state index in [0.717, 1.165) is 42.0 Å². The summed E-state index contributed by atoms with van der Waals surface area (Å²) in [5.41, 5.74) is 3.49. The molecule has 30 heavy (non-hydrogen) atoms. The Kier molecular flexibility index (Phi) is 5.65. The molecule has 1 unspecified atom stereocenters. The molecule has 0 spiro atoms. The Bertz CT molecular complexity index is 1040. The Hall–Kier alpha value is -3.41. The number of nitrogens with zero attached hydrogens (tertiary/aromatic N) is 4. The molecule has 1 atom stereocenters. The van der Waals surface area contributed by atoms with Crippen LogP contribution in [0.4, 0.5) is 5.95 Å². The lowest BCUT2D eigenvalue weighted by molar-refractivity contribution is 0.0733. The predicted octanol–water partition coefficient (Wildman–Crippen LogP) is 4.20. The first-order chi connectivity index (χ1) is 14.6. The van der Waals surface area contributed by atoms with Crippen molar-refractivity contribution in [3.8, 4) is 16.9 Å². The highest BCUT2D eigenvalue weighted by atomic mass is 16.5. The van der Waals surface area contributed by atoms with Gasteiger partial charge in [0.05, 0.1) is 18.8 Å².